The summed E-state index contributed by atoms with van der Waals surface area (Å²) in [6.07, 6.45) is 6.25. The Labute approximate surface area is 124 Å². The Morgan fingerprint density at radius 1 is 1.19 bits per heavy atom. The smallest absolute Gasteiger partial charge is 0.256 e. The molecule has 1 heterocycles. The molecule has 4 heteroatoms. The van der Waals surface area contributed by atoms with Crippen LogP contribution in [0.5, 0.6) is 0 Å². The number of aryl methyl sites for hydroxylation is 2. The third kappa shape index (κ3) is 2.81. The van der Waals surface area contributed by atoms with Crippen molar-refractivity contribution in [1.29, 1.82) is 0 Å². The second kappa shape index (κ2) is 6.31. The van der Waals surface area contributed by atoms with Crippen LogP contribution in [0, 0.1) is 0 Å². The fraction of sp³-hybridized carbons (Fsp3) is 0.471. The topological polar surface area (TPSA) is 65.1 Å². The SMILES string of the molecule is O=c1[nH]c2c(c3c(NCCCO)cccc13)CCCCC2. The first kappa shape index (κ1) is 14.1. The molecule has 0 saturated heterocycles. The largest absolute Gasteiger partial charge is 0.396 e. The Bertz CT molecular complexity index is 691. The first-order valence-electron chi connectivity index (χ1n) is 7.83. The lowest BCUT2D eigenvalue weighted by atomic mass is 9.99. The van der Waals surface area contributed by atoms with E-state index in [0.717, 1.165) is 48.0 Å². The van der Waals surface area contributed by atoms with Crippen molar-refractivity contribution in [3.05, 3.63) is 39.8 Å². The van der Waals surface area contributed by atoms with Crippen LogP contribution in [0.2, 0.25) is 0 Å². The van der Waals surface area contributed by atoms with Crippen LogP contribution in [-0.2, 0) is 12.8 Å². The molecule has 0 aliphatic heterocycles. The van der Waals surface area contributed by atoms with E-state index in [1.54, 1.807) is 0 Å². The van der Waals surface area contributed by atoms with Crippen LogP contribution in [0.4, 0.5) is 5.69 Å². The molecule has 1 aliphatic rings. The Morgan fingerprint density at radius 3 is 2.90 bits per heavy atom. The third-order valence-electron chi connectivity index (χ3n) is 4.24. The van der Waals surface area contributed by atoms with Crippen LogP contribution in [0.25, 0.3) is 10.8 Å². The summed E-state index contributed by atoms with van der Waals surface area (Å²) < 4.78 is 0. The number of hydrogen-bond donors (Lipinski definition) is 3. The first-order chi connectivity index (χ1) is 10.3. The van der Waals surface area contributed by atoms with Gasteiger partial charge in [-0.15, -0.1) is 0 Å². The third-order valence-corrected chi connectivity index (χ3v) is 4.24. The highest BCUT2D eigenvalue weighted by molar-refractivity contribution is 5.96. The van der Waals surface area contributed by atoms with Gasteiger partial charge in [0.2, 0.25) is 0 Å². The molecule has 3 N–H and O–H groups in total. The number of aliphatic hydroxyl groups excluding tert-OH is 1. The number of fused-ring (bicyclic) bond motifs is 3. The summed E-state index contributed by atoms with van der Waals surface area (Å²) in [5.41, 5.74) is 3.44. The van der Waals surface area contributed by atoms with Gasteiger partial charge < -0.3 is 15.4 Å². The average Bonchev–Trinajstić information content (AvgIpc) is 2.73. The summed E-state index contributed by atoms with van der Waals surface area (Å²) in [6.45, 7) is 0.896. The number of aliphatic hydroxyl groups is 1. The predicted octanol–water partition coefficient (Wildman–Crippen LogP) is 2.59. The number of anilines is 1. The molecule has 0 radical (unpaired) electrons. The van der Waals surface area contributed by atoms with Gasteiger partial charge in [0.25, 0.3) is 5.56 Å². The molecule has 0 bridgehead atoms. The molecular weight excluding hydrogens is 264 g/mol. The Balaban J connectivity index is 2.15. The van der Waals surface area contributed by atoms with Gasteiger partial charge in [-0.25, -0.2) is 0 Å². The standard InChI is InChI=1S/C17H22N2O2/c20-11-5-10-18-15-9-4-7-13-16(15)12-6-2-1-3-8-14(12)19-17(13)21/h4,7,9,18,20H,1-3,5-6,8,10-11H2,(H,19,21). The molecule has 1 aliphatic carbocycles. The molecule has 0 amide bonds. The van der Waals surface area contributed by atoms with Gasteiger partial charge in [-0.3, -0.25) is 4.79 Å². The highest BCUT2D eigenvalue weighted by Gasteiger charge is 2.16. The van der Waals surface area contributed by atoms with Gasteiger partial charge in [0, 0.05) is 35.3 Å². The van der Waals surface area contributed by atoms with Crippen LogP contribution >= 0.6 is 0 Å². The number of aromatic nitrogens is 1. The molecule has 0 fully saturated rings. The molecule has 0 atom stereocenters. The van der Waals surface area contributed by atoms with Gasteiger partial charge in [0.05, 0.1) is 0 Å². The van der Waals surface area contributed by atoms with Crippen molar-refractivity contribution in [2.45, 2.75) is 38.5 Å². The lowest BCUT2D eigenvalue weighted by Gasteiger charge is -2.15. The number of H-pyrrole nitrogens is 1. The first-order valence-corrected chi connectivity index (χ1v) is 7.83. The number of pyridine rings is 1. The number of nitrogens with one attached hydrogen (secondary N) is 2. The molecule has 112 valence electrons. The summed E-state index contributed by atoms with van der Waals surface area (Å²) in [5, 5.41) is 14.2. The minimum Gasteiger partial charge on any atom is -0.396 e. The zero-order valence-electron chi connectivity index (χ0n) is 12.2. The molecular formula is C17H22N2O2. The van der Waals surface area contributed by atoms with E-state index in [4.69, 9.17) is 5.11 Å². The van der Waals surface area contributed by atoms with Crippen molar-refractivity contribution in [2.75, 3.05) is 18.5 Å². The minimum absolute atomic E-state index is 0.0106. The van der Waals surface area contributed by atoms with E-state index in [1.807, 2.05) is 18.2 Å². The number of hydrogen-bond acceptors (Lipinski definition) is 3. The zero-order chi connectivity index (χ0) is 14.7. The van der Waals surface area contributed by atoms with Crippen molar-refractivity contribution in [3.63, 3.8) is 0 Å². The summed E-state index contributed by atoms with van der Waals surface area (Å²) in [4.78, 5) is 15.4. The van der Waals surface area contributed by atoms with Gasteiger partial charge in [-0.2, -0.15) is 0 Å². The lowest BCUT2D eigenvalue weighted by molar-refractivity contribution is 0.292. The highest BCUT2D eigenvalue weighted by Crippen LogP contribution is 2.30. The van der Waals surface area contributed by atoms with Crippen LogP contribution in [0.15, 0.2) is 23.0 Å². The molecule has 0 unspecified atom stereocenters. The summed E-state index contributed by atoms with van der Waals surface area (Å²) in [5.74, 6) is 0. The van der Waals surface area contributed by atoms with Crippen LogP contribution in [0.3, 0.4) is 0 Å². The van der Waals surface area contributed by atoms with E-state index < -0.39 is 0 Å². The fourth-order valence-corrected chi connectivity index (χ4v) is 3.22. The zero-order valence-corrected chi connectivity index (χ0v) is 12.2. The molecule has 1 aromatic carbocycles. The summed E-state index contributed by atoms with van der Waals surface area (Å²) in [6, 6.07) is 5.85. The minimum atomic E-state index is 0.0106. The Hall–Kier alpha value is -1.81. The summed E-state index contributed by atoms with van der Waals surface area (Å²) >= 11 is 0. The summed E-state index contributed by atoms with van der Waals surface area (Å²) in [7, 11) is 0. The Morgan fingerprint density at radius 2 is 2.05 bits per heavy atom. The van der Waals surface area contributed by atoms with Gasteiger partial charge in [0.1, 0.15) is 0 Å². The quantitative estimate of drug-likeness (QED) is 0.598. The fourth-order valence-electron chi connectivity index (χ4n) is 3.22. The van der Waals surface area contributed by atoms with E-state index >= 15 is 0 Å². The van der Waals surface area contributed by atoms with Crippen LogP contribution in [-0.4, -0.2) is 23.2 Å². The van der Waals surface area contributed by atoms with E-state index in [-0.39, 0.29) is 12.2 Å². The van der Waals surface area contributed by atoms with E-state index in [2.05, 4.69) is 10.3 Å². The molecule has 2 aromatic rings. The van der Waals surface area contributed by atoms with Crippen molar-refractivity contribution in [2.24, 2.45) is 0 Å². The van der Waals surface area contributed by atoms with Crippen molar-refractivity contribution in [3.8, 4) is 0 Å². The van der Waals surface area contributed by atoms with Crippen molar-refractivity contribution >= 4 is 16.5 Å². The number of aromatic amines is 1. The number of benzene rings is 1. The number of rotatable bonds is 4. The van der Waals surface area contributed by atoms with Gasteiger partial charge >= 0.3 is 0 Å². The highest BCUT2D eigenvalue weighted by atomic mass is 16.3. The Kier molecular flexibility index (Phi) is 4.25. The molecule has 3 rings (SSSR count). The van der Waals surface area contributed by atoms with E-state index in [1.165, 1.54) is 18.4 Å². The normalized spacial score (nSPS) is 14.7. The molecule has 4 nitrogen and oxygen atoms in total. The van der Waals surface area contributed by atoms with Crippen LogP contribution < -0.4 is 10.9 Å². The van der Waals surface area contributed by atoms with Gasteiger partial charge in [0.15, 0.2) is 0 Å². The molecule has 21 heavy (non-hydrogen) atoms. The average molecular weight is 286 g/mol. The molecule has 0 saturated carbocycles. The molecule has 0 spiro atoms. The van der Waals surface area contributed by atoms with Gasteiger partial charge in [-0.05, 0) is 49.8 Å². The maximum Gasteiger partial charge on any atom is 0.256 e. The second-order valence-electron chi connectivity index (χ2n) is 5.70. The van der Waals surface area contributed by atoms with Crippen molar-refractivity contribution in [1.82, 2.24) is 4.98 Å². The lowest BCUT2D eigenvalue weighted by Crippen LogP contribution is -2.14. The van der Waals surface area contributed by atoms with E-state index in [0.29, 0.717) is 6.42 Å². The predicted molar refractivity (Wildman–Crippen MR) is 86.0 cm³/mol. The second-order valence-corrected chi connectivity index (χ2v) is 5.70. The maximum atomic E-state index is 12.3. The molecule has 1 aromatic heterocycles. The maximum absolute atomic E-state index is 12.3. The van der Waals surface area contributed by atoms with Crippen LogP contribution in [0.1, 0.15) is 36.9 Å². The van der Waals surface area contributed by atoms with Crippen molar-refractivity contribution < 1.29 is 5.11 Å². The van der Waals surface area contributed by atoms with E-state index in [9.17, 15) is 4.79 Å². The monoisotopic (exact) mass is 286 g/mol. The van der Waals surface area contributed by atoms with Gasteiger partial charge in [-0.1, -0.05) is 12.5 Å².